The van der Waals surface area contributed by atoms with Gasteiger partial charge in [-0.25, -0.2) is 0 Å². The van der Waals surface area contributed by atoms with Crippen molar-refractivity contribution in [3.05, 3.63) is 34.2 Å². The molecule has 1 rings (SSSR count). The zero-order valence-electron chi connectivity index (χ0n) is 10.3. The van der Waals surface area contributed by atoms with Crippen LogP contribution in [0.1, 0.15) is 25.8 Å². The van der Waals surface area contributed by atoms with Crippen molar-refractivity contribution in [3.63, 3.8) is 0 Å². The van der Waals surface area contributed by atoms with Gasteiger partial charge in [0, 0.05) is 19.3 Å². The summed E-state index contributed by atoms with van der Waals surface area (Å²) in [6.07, 6.45) is 2.70. The molecule has 4 heteroatoms. The summed E-state index contributed by atoms with van der Waals surface area (Å²) in [7, 11) is 0. The lowest BCUT2D eigenvalue weighted by atomic mass is 10.1. The van der Waals surface area contributed by atoms with Crippen LogP contribution in [0.4, 0.5) is 0 Å². The van der Waals surface area contributed by atoms with Gasteiger partial charge in [-0.15, -0.1) is 0 Å². The molecule has 1 heterocycles. The van der Waals surface area contributed by atoms with Gasteiger partial charge >= 0.3 is 0 Å². The van der Waals surface area contributed by atoms with Crippen LogP contribution in [0.5, 0.6) is 0 Å². The van der Waals surface area contributed by atoms with E-state index in [4.69, 9.17) is 10.00 Å². The highest BCUT2D eigenvalue weighted by Crippen LogP contribution is 1.98. The van der Waals surface area contributed by atoms with E-state index in [-0.39, 0.29) is 11.1 Å². The Balaban J connectivity index is 2.43. The third-order valence-electron chi connectivity index (χ3n) is 2.46. The first-order valence-corrected chi connectivity index (χ1v) is 5.82. The summed E-state index contributed by atoms with van der Waals surface area (Å²) in [5.74, 6) is 0.625. The smallest absolute Gasteiger partial charge is 0.268 e. The highest BCUT2D eigenvalue weighted by molar-refractivity contribution is 5.24. The first-order valence-electron chi connectivity index (χ1n) is 5.82. The van der Waals surface area contributed by atoms with E-state index in [1.165, 1.54) is 10.6 Å². The molecule has 0 aromatic carbocycles. The SMILES string of the molecule is CC(C)CCOCCn1cccc(C#N)c1=O. The number of nitrogens with zero attached hydrogens (tertiary/aromatic N) is 2. The number of aromatic nitrogens is 1. The molecule has 0 spiro atoms. The molecule has 0 aliphatic rings. The van der Waals surface area contributed by atoms with Crippen LogP contribution in [-0.2, 0) is 11.3 Å². The molecule has 1 aromatic heterocycles. The fraction of sp³-hybridized carbons (Fsp3) is 0.538. The summed E-state index contributed by atoms with van der Waals surface area (Å²) in [6, 6.07) is 5.11. The average molecular weight is 234 g/mol. The molecule has 0 unspecified atom stereocenters. The highest BCUT2D eigenvalue weighted by atomic mass is 16.5. The highest BCUT2D eigenvalue weighted by Gasteiger charge is 2.01. The van der Waals surface area contributed by atoms with E-state index in [2.05, 4.69) is 13.8 Å². The summed E-state index contributed by atoms with van der Waals surface area (Å²) in [5, 5.41) is 8.72. The minimum Gasteiger partial charge on any atom is -0.380 e. The van der Waals surface area contributed by atoms with Gasteiger partial charge in [0.15, 0.2) is 0 Å². The molecule has 0 aliphatic carbocycles. The Labute approximate surface area is 101 Å². The number of hydrogen-bond donors (Lipinski definition) is 0. The molecule has 92 valence electrons. The molecule has 0 atom stereocenters. The van der Waals surface area contributed by atoms with Crippen molar-refractivity contribution in [3.8, 4) is 6.07 Å². The van der Waals surface area contributed by atoms with Crippen LogP contribution < -0.4 is 5.56 Å². The van der Waals surface area contributed by atoms with E-state index < -0.39 is 0 Å². The van der Waals surface area contributed by atoms with E-state index >= 15 is 0 Å². The predicted molar refractivity (Wildman–Crippen MR) is 65.7 cm³/mol. The lowest BCUT2D eigenvalue weighted by Crippen LogP contribution is -2.23. The van der Waals surface area contributed by atoms with E-state index in [1.807, 2.05) is 6.07 Å². The lowest BCUT2D eigenvalue weighted by molar-refractivity contribution is 0.115. The zero-order valence-corrected chi connectivity index (χ0v) is 10.3. The first-order chi connectivity index (χ1) is 8.15. The Bertz CT molecular complexity index is 443. The minimum atomic E-state index is -0.248. The van der Waals surface area contributed by atoms with Crippen LogP contribution in [-0.4, -0.2) is 17.8 Å². The lowest BCUT2D eigenvalue weighted by Gasteiger charge is -2.08. The van der Waals surface area contributed by atoms with Crippen molar-refractivity contribution >= 4 is 0 Å². The summed E-state index contributed by atoms with van der Waals surface area (Å²) in [4.78, 5) is 11.7. The van der Waals surface area contributed by atoms with Crippen molar-refractivity contribution in [2.75, 3.05) is 13.2 Å². The molecule has 0 radical (unpaired) electrons. The molecule has 4 nitrogen and oxygen atoms in total. The number of pyridine rings is 1. The third-order valence-corrected chi connectivity index (χ3v) is 2.46. The van der Waals surface area contributed by atoms with Crippen LogP contribution in [0.3, 0.4) is 0 Å². The van der Waals surface area contributed by atoms with Gasteiger partial charge in [0.1, 0.15) is 11.6 Å². The fourth-order valence-electron chi connectivity index (χ4n) is 1.38. The van der Waals surface area contributed by atoms with E-state index in [0.717, 1.165) is 6.42 Å². The van der Waals surface area contributed by atoms with E-state index in [0.29, 0.717) is 25.7 Å². The van der Waals surface area contributed by atoms with E-state index in [9.17, 15) is 4.79 Å². The number of rotatable bonds is 6. The van der Waals surface area contributed by atoms with Gasteiger partial charge in [-0.1, -0.05) is 13.8 Å². The molecule has 0 fully saturated rings. The van der Waals surface area contributed by atoms with Crippen molar-refractivity contribution in [2.45, 2.75) is 26.8 Å². The average Bonchev–Trinajstić information content (AvgIpc) is 2.30. The van der Waals surface area contributed by atoms with Gasteiger partial charge in [0.25, 0.3) is 5.56 Å². The molecular weight excluding hydrogens is 216 g/mol. The summed E-state index contributed by atoms with van der Waals surface area (Å²) >= 11 is 0. The summed E-state index contributed by atoms with van der Waals surface area (Å²) < 4.78 is 6.94. The Morgan fingerprint density at radius 1 is 1.47 bits per heavy atom. The van der Waals surface area contributed by atoms with Gasteiger partial charge in [0.05, 0.1) is 6.61 Å². The third kappa shape index (κ3) is 4.41. The fourth-order valence-corrected chi connectivity index (χ4v) is 1.38. The molecule has 0 saturated heterocycles. The second-order valence-electron chi connectivity index (χ2n) is 4.33. The van der Waals surface area contributed by atoms with Gasteiger partial charge in [-0.05, 0) is 24.5 Å². The molecule has 0 saturated carbocycles. The zero-order chi connectivity index (χ0) is 12.7. The van der Waals surface area contributed by atoms with Gasteiger partial charge in [-0.3, -0.25) is 4.79 Å². The monoisotopic (exact) mass is 234 g/mol. The molecule has 0 aliphatic heterocycles. The molecule has 0 amide bonds. The Kier molecular flexibility index (Phi) is 5.44. The van der Waals surface area contributed by atoms with Gasteiger partial charge in [0.2, 0.25) is 0 Å². The standard InChI is InChI=1S/C13H18N2O2/c1-11(2)5-8-17-9-7-15-6-3-4-12(10-14)13(15)16/h3-4,6,11H,5,7-9H2,1-2H3. The van der Waals surface area contributed by atoms with Crippen LogP contribution >= 0.6 is 0 Å². The number of nitriles is 1. The second kappa shape index (κ2) is 6.87. The number of hydrogen-bond acceptors (Lipinski definition) is 3. The van der Waals surface area contributed by atoms with E-state index in [1.54, 1.807) is 12.3 Å². The molecule has 0 N–H and O–H groups in total. The van der Waals surface area contributed by atoms with Crippen molar-refractivity contribution in [1.82, 2.24) is 4.57 Å². The molecule has 17 heavy (non-hydrogen) atoms. The van der Waals surface area contributed by atoms with Crippen molar-refractivity contribution < 1.29 is 4.74 Å². The minimum absolute atomic E-state index is 0.176. The predicted octanol–water partition coefficient (Wildman–Crippen LogP) is 1.78. The molecule has 1 aromatic rings. The molecular formula is C13H18N2O2. The second-order valence-corrected chi connectivity index (χ2v) is 4.33. The maximum Gasteiger partial charge on any atom is 0.268 e. The van der Waals surface area contributed by atoms with Crippen LogP contribution in [0.15, 0.2) is 23.1 Å². The van der Waals surface area contributed by atoms with Gasteiger partial charge in [-0.2, -0.15) is 5.26 Å². The van der Waals surface area contributed by atoms with Crippen LogP contribution in [0, 0.1) is 17.2 Å². The largest absolute Gasteiger partial charge is 0.380 e. The van der Waals surface area contributed by atoms with Crippen LogP contribution in [0.25, 0.3) is 0 Å². The summed E-state index contributed by atoms with van der Waals surface area (Å²) in [6.45, 7) is 5.99. The number of ether oxygens (including phenoxy) is 1. The Hall–Kier alpha value is -1.60. The quantitative estimate of drug-likeness (QED) is 0.705. The topological polar surface area (TPSA) is 55.0 Å². The Morgan fingerprint density at radius 3 is 2.88 bits per heavy atom. The van der Waals surface area contributed by atoms with Crippen molar-refractivity contribution in [2.24, 2.45) is 5.92 Å². The van der Waals surface area contributed by atoms with Gasteiger partial charge < -0.3 is 9.30 Å². The van der Waals surface area contributed by atoms with Crippen LogP contribution in [0.2, 0.25) is 0 Å². The Morgan fingerprint density at radius 2 is 2.24 bits per heavy atom. The first kappa shape index (κ1) is 13.5. The maximum atomic E-state index is 11.7. The maximum absolute atomic E-state index is 11.7. The van der Waals surface area contributed by atoms with Crippen molar-refractivity contribution in [1.29, 1.82) is 5.26 Å². The molecule has 0 bridgehead atoms. The summed E-state index contributed by atoms with van der Waals surface area (Å²) in [5.41, 5.74) is -0.0721. The normalized spacial score (nSPS) is 10.5.